The molecule has 0 saturated heterocycles. The number of nitrogens with one attached hydrogen (secondary N) is 1. The van der Waals surface area contributed by atoms with Gasteiger partial charge in [-0.15, -0.1) is 0 Å². The first-order chi connectivity index (χ1) is 19.4. The first-order valence-corrected chi connectivity index (χ1v) is 13.5. The minimum atomic E-state index is -1.43. The quantitative estimate of drug-likeness (QED) is 0.313. The number of rotatable bonds is 7. The van der Waals surface area contributed by atoms with E-state index in [0.717, 1.165) is 23.1 Å². The zero-order valence-electron chi connectivity index (χ0n) is 23.7. The number of carboxylic acid groups (broad SMARTS) is 1. The van der Waals surface area contributed by atoms with Crippen LogP contribution in [0.5, 0.6) is 5.75 Å². The molecule has 0 fully saturated rings. The van der Waals surface area contributed by atoms with E-state index in [1.54, 1.807) is 27.7 Å². The third-order valence-corrected chi connectivity index (χ3v) is 7.01. The molecule has 0 unspecified atom stereocenters. The van der Waals surface area contributed by atoms with Gasteiger partial charge in [0.15, 0.2) is 29.0 Å². The van der Waals surface area contributed by atoms with Crippen molar-refractivity contribution < 1.29 is 28.6 Å². The minimum absolute atomic E-state index is 0.0919. The van der Waals surface area contributed by atoms with Crippen LogP contribution in [0.25, 0.3) is 16.9 Å². The molecule has 1 aliphatic rings. The molecule has 214 valence electrons. The highest BCUT2D eigenvalue weighted by molar-refractivity contribution is 5.93. The number of aromatic nitrogens is 3. The molecule has 1 atom stereocenters. The monoisotopic (exact) mass is 560 g/mol. The lowest BCUT2D eigenvalue weighted by molar-refractivity contribution is -0.160. The van der Waals surface area contributed by atoms with E-state index >= 15 is 4.39 Å². The summed E-state index contributed by atoms with van der Waals surface area (Å²) >= 11 is 0. The molecule has 2 aromatic heterocycles. The standard InChI is InChI=1S/C31H33FN4O5/c1-17-20-12-9-13-40-27(20)22(32)14-21(17)26-25(28(30(38)39)41-31(3,4)5)18(2)34-24-15-23(35-36(24)26)29(37)33-16-19-10-7-6-8-11-19/h6-8,10-11,14-15,28H,9,12-13,16H2,1-5H3,(H,33,37)(H,38,39)/t28-/m0/s1. The second-order valence-electron chi connectivity index (χ2n) is 11.2. The van der Waals surface area contributed by atoms with E-state index in [-0.39, 0.29) is 17.0 Å². The number of hydrogen-bond donors (Lipinski definition) is 2. The van der Waals surface area contributed by atoms with Crippen molar-refractivity contribution in [1.29, 1.82) is 0 Å². The zero-order chi connectivity index (χ0) is 29.5. The van der Waals surface area contributed by atoms with Gasteiger partial charge >= 0.3 is 5.97 Å². The number of carbonyl (C=O) groups is 2. The Bertz CT molecular complexity index is 1640. The first kappa shape index (κ1) is 28.2. The summed E-state index contributed by atoms with van der Waals surface area (Å²) in [5.41, 5.74) is 3.31. The zero-order valence-corrected chi connectivity index (χ0v) is 23.7. The van der Waals surface area contributed by atoms with Gasteiger partial charge in [-0.25, -0.2) is 18.7 Å². The fourth-order valence-corrected chi connectivity index (χ4v) is 5.18. The van der Waals surface area contributed by atoms with Crippen molar-refractivity contribution in [3.63, 3.8) is 0 Å². The van der Waals surface area contributed by atoms with Crippen LogP contribution < -0.4 is 10.1 Å². The highest BCUT2D eigenvalue weighted by Crippen LogP contribution is 2.41. The van der Waals surface area contributed by atoms with E-state index in [9.17, 15) is 14.7 Å². The van der Waals surface area contributed by atoms with Crippen molar-refractivity contribution in [3.05, 3.63) is 81.9 Å². The SMILES string of the molecule is Cc1nc2cc(C(=O)NCc3ccccc3)nn2c(-c2cc(F)c3c(c2C)CCCO3)c1[C@H](OC(C)(C)C)C(=O)O. The summed E-state index contributed by atoms with van der Waals surface area (Å²) in [6.07, 6.45) is -0.0925. The lowest BCUT2D eigenvalue weighted by atomic mass is 9.91. The third-order valence-electron chi connectivity index (χ3n) is 7.01. The van der Waals surface area contributed by atoms with Crippen molar-refractivity contribution >= 4 is 17.5 Å². The molecular formula is C31H33FN4O5. The number of nitrogens with zero attached hydrogens (tertiary/aromatic N) is 3. The molecule has 41 heavy (non-hydrogen) atoms. The average Bonchev–Trinajstić information content (AvgIpc) is 3.35. The molecule has 0 saturated carbocycles. The summed E-state index contributed by atoms with van der Waals surface area (Å²) in [4.78, 5) is 30.4. The van der Waals surface area contributed by atoms with Crippen LogP contribution in [0.1, 0.15) is 71.7 Å². The highest BCUT2D eigenvalue weighted by atomic mass is 19.1. The van der Waals surface area contributed by atoms with Gasteiger partial charge in [0.05, 0.1) is 17.9 Å². The molecule has 0 radical (unpaired) electrons. The van der Waals surface area contributed by atoms with Crippen LogP contribution in [0.3, 0.4) is 0 Å². The number of carboxylic acids is 1. The van der Waals surface area contributed by atoms with Crippen molar-refractivity contribution in [3.8, 4) is 17.0 Å². The summed E-state index contributed by atoms with van der Waals surface area (Å²) in [5.74, 6) is -1.99. The van der Waals surface area contributed by atoms with E-state index in [1.165, 1.54) is 16.6 Å². The molecule has 0 spiro atoms. The van der Waals surface area contributed by atoms with Gasteiger partial charge in [0.2, 0.25) is 0 Å². The predicted molar refractivity (Wildman–Crippen MR) is 150 cm³/mol. The number of carbonyl (C=O) groups excluding carboxylic acids is 1. The van der Waals surface area contributed by atoms with Crippen molar-refractivity contribution in [1.82, 2.24) is 19.9 Å². The highest BCUT2D eigenvalue weighted by Gasteiger charge is 2.34. The van der Waals surface area contributed by atoms with Crippen molar-refractivity contribution in [2.75, 3.05) is 6.61 Å². The summed E-state index contributed by atoms with van der Waals surface area (Å²) in [6, 6.07) is 12.3. The van der Waals surface area contributed by atoms with Crippen LogP contribution in [0.2, 0.25) is 0 Å². The summed E-state index contributed by atoms with van der Waals surface area (Å²) in [5, 5.41) is 17.7. The lowest BCUT2D eigenvalue weighted by Crippen LogP contribution is -2.29. The third kappa shape index (κ3) is 5.65. The number of benzene rings is 2. The molecule has 1 amide bonds. The van der Waals surface area contributed by atoms with Gasteiger partial charge in [-0.2, -0.15) is 5.10 Å². The fourth-order valence-electron chi connectivity index (χ4n) is 5.18. The van der Waals surface area contributed by atoms with E-state index in [2.05, 4.69) is 15.4 Å². The van der Waals surface area contributed by atoms with E-state index in [0.29, 0.717) is 42.2 Å². The van der Waals surface area contributed by atoms with Crippen LogP contribution in [0.4, 0.5) is 4.39 Å². The number of halogens is 1. The fraction of sp³-hybridized carbons (Fsp3) is 0.355. The number of aryl methyl sites for hydroxylation is 1. The molecule has 0 bridgehead atoms. The molecule has 2 N–H and O–H groups in total. The van der Waals surface area contributed by atoms with Gasteiger partial charge < -0.3 is 19.9 Å². The Kier molecular flexibility index (Phi) is 7.52. The Morgan fingerprint density at radius 1 is 1.20 bits per heavy atom. The van der Waals surface area contributed by atoms with Gasteiger partial charge in [0.1, 0.15) is 0 Å². The van der Waals surface area contributed by atoms with Gasteiger partial charge in [-0.3, -0.25) is 4.79 Å². The van der Waals surface area contributed by atoms with Gasteiger partial charge in [-0.1, -0.05) is 30.3 Å². The van der Waals surface area contributed by atoms with Crippen LogP contribution in [0, 0.1) is 19.7 Å². The minimum Gasteiger partial charge on any atom is -0.490 e. The second-order valence-corrected chi connectivity index (χ2v) is 11.2. The summed E-state index contributed by atoms with van der Waals surface area (Å²) in [7, 11) is 0. The Labute approximate surface area is 237 Å². The summed E-state index contributed by atoms with van der Waals surface area (Å²) < 4.78 is 28.5. The molecule has 5 rings (SSSR count). The number of aliphatic carboxylic acids is 1. The molecule has 1 aliphatic heterocycles. The smallest absolute Gasteiger partial charge is 0.337 e. The Balaban J connectivity index is 1.72. The van der Waals surface area contributed by atoms with Crippen molar-refractivity contribution in [2.45, 2.75) is 65.7 Å². The molecule has 0 aliphatic carbocycles. The van der Waals surface area contributed by atoms with E-state index in [4.69, 9.17) is 9.47 Å². The maximum absolute atomic E-state index is 15.5. The van der Waals surface area contributed by atoms with E-state index < -0.39 is 29.4 Å². The Morgan fingerprint density at radius 2 is 1.93 bits per heavy atom. The molecule has 4 aromatic rings. The predicted octanol–water partition coefficient (Wildman–Crippen LogP) is 5.35. The molecule has 2 aromatic carbocycles. The van der Waals surface area contributed by atoms with Crippen LogP contribution in [-0.2, 0) is 22.5 Å². The van der Waals surface area contributed by atoms with Crippen LogP contribution in [-0.4, -0.2) is 43.8 Å². The van der Waals surface area contributed by atoms with Gasteiger partial charge in [0.25, 0.3) is 5.91 Å². The maximum Gasteiger partial charge on any atom is 0.337 e. The van der Waals surface area contributed by atoms with E-state index in [1.807, 2.05) is 37.3 Å². The number of hydrogen-bond acceptors (Lipinski definition) is 6. The largest absolute Gasteiger partial charge is 0.490 e. The maximum atomic E-state index is 15.5. The number of fused-ring (bicyclic) bond motifs is 2. The number of ether oxygens (including phenoxy) is 2. The van der Waals surface area contributed by atoms with Crippen molar-refractivity contribution in [2.24, 2.45) is 0 Å². The lowest BCUT2D eigenvalue weighted by Gasteiger charge is -2.28. The van der Waals surface area contributed by atoms with Crippen LogP contribution >= 0.6 is 0 Å². The van der Waals surface area contributed by atoms with Gasteiger partial charge in [-0.05, 0) is 64.7 Å². The normalized spacial score (nSPS) is 13.9. The summed E-state index contributed by atoms with van der Waals surface area (Å²) in [6.45, 7) is 9.53. The second kappa shape index (κ2) is 10.9. The molecule has 3 heterocycles. The molecule has 9 nitrogen and oxygen atoms in total. The topological polar surface area (TPSA) is 115 Å². The molecular weight excluding hydrogens is 527 g/mol. The number of amides is 1. The first-order valence-electron chi connectivity index (χ1n) is 13.5. The molecule has 10 heteroatoms. The Hall–Kier alpha value is -4.31. The average molecular weight is 561 g/mol. The van der Waals surface area contributed by atoms with Crippen LogP contribution in [0.15, 0.2) is 42.5 Å². The van der Waals surface area contributed by atoms with Gasteiger partial charge in [0, 0.05) is 35.0 Å². The Morgan fingerprint density at radius 3 is 2.61 bits per heavy atom.